The van der Waals surface area contributed by atoms with E-state index >= 15 is 0 Å². The highest BCUT2D eigenvalue weighted by Crippen LogP contribution is 2.27. The first-order valence-electron chi connectivity index (χ1n) is 6.57. The molecule has 1 atom stereocenters. The zero-order valence-electron chi connectivity index (χ0n) is 12.0. The number of benzene rings is 2. The summed E-state index contributed by atoms with van der Waals surface area (Å²) < 4.78 is 36.9. The van der Waals surface area contributed by atoms with Gasteiger partial charge in [0.15, 0.2) is 0 Å². The Morgan fingerprint density at radius 1 is 1.27 bits per heavy atom. The Balaban J connectivity index is 2.55. The number of likely N-dealkylation sites (N-methyl/N-ethyl adjacent to an activating group) is 1. The molecule has 0 amide bonds. The molecule has 0 heterocycles. The topological polar surface area (TPSA) is 92.4 Å². The van der Waals surface area contributed by atoms with Crippen molar-refractivity contribution in [1.82, 2.24) is 5.32 Å². The highest BCUT2D eigenvalue weighted by molar-refractivity contribution is 7.89. The third-order valence-corrected chi connectivity index (χ3v) is 4.31. The Kier molecular flexibility index (Phi) is 4.92. The molecule has 0 spiro atoms. The minimum atomic E-state index is -3.90. The summed E-state index contributed by atoms with van der Waals surface area (Å²) in [6.07, 6.45) is 0. The molecule has 0 aliphatic heterocycles. The van der Waals surface area contributed by atoms with Crippen LogP contribution in [0.5, 0.6) is 0 Å². The van der Waals surface area contributed by atoms with Crippen molar-refractivity contribution >= 4 is 10.0 Å². The smallest absolute Gasteiger partial charge is 0.238 e. The second-order valence-corrected chi connectivity index (χ2v) is 6.40. The van der Waals surface area contributed by atoms with Crippen LogP contribution in [0.25, 0.3) is 11.1 Å². The minimum absolute atomic E-state index is 0.111. The van der Waals surface area contributed by atoms with Crippen LogP contribution in [0.3, 0.4) is 0 Å². The molecule has 2 rings (SSSR count). The van der Waals surface area contributed by atoms with Crippen LogP contribution < -0.4 is 10.5 Å². The monoisotopic (exact) mass is 324 g/mol. The van der Waals surface area contributed by atoms with Crippen molar-refractivity contribution in [3.63, 3.8) is 0 Å². The van der Waals surface area contributed by atoms with Gasteiger partial charge in [0.05, 0.1) is 17.5 Å². The number of hydrogen-bond acceptors (Lipinski definition) is 4. The fourth-order valence-electron chi connectivity index (χ4n) is 2.19. The van der Waals surface area contributed by atoms with Gasteiger partial charge in [-0.15, -0.1) is 0 Å². The van der Waals surface area contributed by atoms with Gasteiger partial charge in [-0.25, -0.2) is 17.9 Å². The van der Waals surface area contributed by atoms with Crippen LogP contribution in [-0.4, -0.2) is 27.2 Å². The van der Waals surface area contributed by atoms with Gasteiger partial charge in [-0.1, -0.05) is 18.2 Å². The molecule has 4 N–H and O–H groups in total. The van der Waals surface area contributed by atoms with E-state index in [1.807, 2.05) is 0 Å². The van der Waals surface area contributed by atoms with E-state index < -0.39 is 15.8 Å². The number of halogens is 1. The zero-order chi connectivity index (χ0) is 16.3. The average molecular weight is 324 g/mol. The first-order chi connectivity index (χ1) is 10.4. The molecule has 1 unspecified atom stereocenters. The van der Waals surface area contributed by atoms with Crippen molar-refractivity contribution < 1.29 is 17.9 Å². The van der Waals surface area contributed by atoms with Gasteiger partial charge in [-0.3, -0.25) is 0 Å². The molecule has 5 nitrogen and oxygen atoms in total. The lowest BCUT2D eigenvalue weighted by Crippen LogP contribution is -2.19. The van der Waals surface area contributed by atoms with E-state index in [-0.39, 0.29) is 23.1 Å². The lowest BCUT2D eigenvalue weighted by molar-refractivity contribution is 0.251. The Hall–Kier alpha value is -1.80. The number of sulfonamides is 1. The normalized spacial score (nSPS) is 13.1. The van der Waals surface area contributed by atoms with Crippen molar-refractivity contribution in [3.8, 4) is 11.1 Å². The van der Waals surface area contributed by atoms with Crippen molar-refractivity contribution in [3.05, 3.63) is 53.8 Å². The van der Waals surface area contributed by atoms with E-state index in [4.69, 9.17) is 5.14 Å². The molecular formula is C15H17FN2O3S. The maximum atomic E-state index is 14.0. The van der Waals surface area contributed by atoms with Crippen molar-refractivity contribution in [1.29, 1.82) is 0 Å². The fourth-order valence-corrected chi connectivity index (χ4v) is 2.73. The molecule has 2 aromatic carbocycles. The van der Waals surface area contributed by atoms with Crippen LogP contribution in [0, 0.1) is 5.82 Å². The second-order valence-electron chi connectivity index (χ2n) is 4.84. The van der Waals surface area contributed by atoms with E-state index in [0.29, 0.717) is 5.56 Å². The van der Waals surface area contributed by atoms with Gasteiger partial charge in [0.1, 0.15) is 5.82 Å². The first kappa shape index (κ1) is 16.6. The maximum absolute atomic E-state index is 14.0. The molecular weight excluding hydrogens is 307 g/mol. The number of nitrogens with two attached hydrogens (primary N) is 1. The van der Waals surface area contributed by atoms with Crippen LogP contribution in [0.2, 0.25) is 0 Å². The standard InChI is InChI=1S/C15H17FN2O3S/c1-18-15(9-19)11-4-2-3-10(7-11)13-8-12(22(17,20)21)5-6-14(13)16/h2-8,15,18-19H,9H2,1H3,(H2,17,20,21). The van der Waals surface area contributed by atoms with Gasteiger partial charge in [0.25, 0.3) is 0 Å². The molecule has 0 radical (unpaired) electrons. The number of aliphatic hydroxyl groups is 1. The molecule has 0 bridgehead atoms. The summed E-state index contributed by atoms with van der Waals surface area (Å²) in [5, 5.41) is 17.3. The van der Waals surface area contributed by atoms with Gasteiger partial charge in [0.2, 0.25) is 10.0 Å². The predicted octanol–water partition coefficient (Wildman–Crippen LogP) is 1.39. The number of aliphatic hydroxyl groups excluding tert-OH is 1. The minimum Gasteiger partial charge on any atom is -0.394 e. The molecule has 0 saturated heterocycles. The molecule has 0 fully saturated rings. The number of hydrogen-bond donors (Lipinski definition) is 3. The highest BCUT2D eigenvalue weighted by Gasteiger charge is 2.14. The Bertz CT molecular complexity index is 774. The lowest BCUT2D eigenvalue weighted by atomic mass is 9.99. The molecule has 7 heteroatoms. The van der Waals surface area contributed by atoms with Crippen LogP contribution in [0.4, 0.5) is 4.39 Å². The van der Waals surface area contributed by atoms with Crippen molar-refractivity contribution in [2.45, 2.75) is 10.9 Å². The molecule has 22 heavy (non-hydrogen) atoms. The highest BCUT2D eigenvalue weighted by atomic mass is 32.2. The SMILES string of the molecule is CNC(CO)c1cccc(-c2cc(S(N)(=O)=O)ccc2F)c1. The van der Waals surface area contributed by atoms with Crippen LogP contribution in [0.15, 0.2) is 47.4 Å². The molecule has 0 aliphatic rings. The van der Waals surface area contributed by atoms with E-state index in [1.165, 1.54) is 6.07 Å². The van der Waals surface area contributed by atoms with Crippen molar-refractivity contribution in [2.24, 2.45) is 5.14 Å². The maximum Gasteiger partial charge on any atom is 0.238 e. The summed E-state index contributed by atoms with van der Waals surface area (Å²) in [4.78, 5) is -0.151. The van der Waals surface area contributed by atoms with Gasteiger partial charge >= 0.3 is 0 Å². The van der Waals surface area contributed by atoms with E-state index in [9.17, 15) is 17.9 Å². The van der Waals surface area contributed by atoms with Crippen LogP contribution in [0.1, 0.15) is 11.6 Å². The Morgan fingerprint density at radius 3 is 2.59 bits per heavy atom. The molecule has 118 valence electrons. The summed E-state index contributed by atoms with van der Waals surface area (Å²) in [6, 6.07) is 9.99. The summed E-state index contributed by atoms with van der Waals surface area (Å²) >= 11 is 0. The molecule has 0 aromatic heterocycles. The predicted molar refractivity (Wildman–Crippen MR) is 82.1 cm³/mol. The summed E-state index contributed by atoms with van der Waals surface area (Å²) in [5.74, 6) is -0.547. The number of primary sulfonamides is 1. The molecule has 2 aromatic rings. The summed E-state index contributed by atoms with van der Waals surface area (Å²) in [7, 11) is -2.20. The average Bonchev–Trinajstić information content (AvgIpc) is 2.48. The van der Waals surface area contributed by atoms with Crippen LogP contribution >= 0.6 is 0 Å². The lowest BCUT2D eigenvalue weighted by Gasteiger charge is -2.15. The largest absolute Gasteiger partial charge is 0.394 e. The Labute approximate surface area is 128 Å². The second kappa shape index (κ2) is 6.53. The van der Waals surface area contributed by atoms with Gasteiger partial charge in [0, 0.05) is 5.56 Å². The van der Waals surface area contributed by atoms with Gasteiger partial charge < -0.3 is 10.4 Å². The Morgan fingerprint density at radius 2 is 2.00 bits per heavy atom. The zero-order valence-corrected chi connectivity index (χ0v) is 12.8. The van der Waals surface area contributed by atoms with Crippen molar-refractivity contribution in [2.75, 3.05) is 13.7 Å². The van der Waals surface area contributed by atoms with E-state index in [1.54, 1.807) is 31.3 Å². The van der Waals surface area contributed by atoms with E-state index in [0.717, 1.165) is 17.7 Å². The quantitative estimate of drug-likeness (QED) is 0.775. The fraction of sp³-hybridized carbons (Fsp3) is 0.200. The summed E-state index contributed by atoms with van der Waals surface area (Å²) in [6.45, 7) is -0.111. The van der Waals surface area contributed by atoms with Crippen LogP contribution in [-0.2, 0) is 10.0 Å². The number of nitrogens with one attached hydrogen (secondary N) is 1. The van der Waals surface area contributed by atoms with E-state index in [2.05, 4.69) is 5.32 Å². The third-order valence-electron chi connectivity index (χ3n) is 3.40. The number of rotatable bonds is 5. The van der Waals surface area contributed by atoms with Gasteiger partial charge in [-0.05, 0) is 42.4 Å². The summed E-state index contributed by atoms with van der Waals surface area (Å²) in [5.41, 5.74) is 1.42. The third kappa shape index (κ3) is 3.50. The van der Waals surface area contributed by atoms with Gasteiger partial charge in [-0.2, -0.15) is 0 Å². The molecule has 0 aliphatic carbocycles. The molecule has 0 saturated carbocycles. The first-order valence-corrected chi connectivity index (χ1v) is 8.12.